The fourth-order valence-electron chi connectivity index (χ4n) is 2.58. The molecule has 8 heteroatoms. The SMILES string of the molecule is O=C(NCc1ccccc1NC(=O)c1cccnc1)c1ccc(C(F)(F)F)cc1. The van der Waals surface area contributed by atoms with Gasteiger partial charge in [0.15, 0.2) is 0 Å². The predicted molar refractivity (Wildman–Crippen MR) is 101 cm³/mol. The van der Waals surface area contributed by atoms with Crippen LogP contribution in [0.5, 0.6) is 0 Å². The molecule has 2 amide bonds. The van der Waals surface area contributed by atoms with E-state index in [9.17, 15) is 22.8 Å². The van der Waals surface area contributed by atoms with Gasteiger partial charge in [-0.1, -0.05) is 18.2 Å². The van der Waals surface area contributed by atoms with Crippen LogP contribution in [-0.4, -0.2) is 16.8 Å². The second-order valence-electron chi connectivity index (χ2n) is 6.11. The molecule has 1 heterocycles. The number of aromatic nitrogens is 1. The van der Waals surface area contributed by atoms with E-state index in [0.717, 1.165) is 24.3 Å². The van der Waals surface area contributed by atoms with E-state index in [1.165, 1.54) is 6.20 Å². The monoisotopic (exact) mass is 399 g/mol. The highest BCUT2D eigenvalue weighted by Gasteiger charge is 2.30. The summed E-state index contributed by atoms with van der Waals surface area (Å²) in [6, 6.07) is 14.1. The van der Waals surface area contributed by atoms with Gasteiger partial charge in [-0.25, -0.2) is 0 Å². The van der Waals surface area contributed by atoms with E-state index in [4.69, 9.17) is 0 Å². The molecule has 29 heavy (non-hydrogen) atoms. The number of amides is 2. The smallest absolute Gasteiger partial charge is 0.348 e. The van der Waals surface area contributed by atoms with Crippen LogP contribution in [0, 0.1) is 0 Å². The van der Waals surface area contributed by atoms with Gasteiger partial charge < -0.3 is 10.6 Å². The molecular weight excluding hydrogens is 383 g/mol. The first-order valence-electron chi connectivity index (χ1n) is 8.59. The number of carbonyl (C=O) groups is 2. The number of hydrogen-bond donors (Lipinski definition) is 2. The molecule has 2 N–H and O–H groups in total. The zero-order valence-electron chi connectivity index (χ0n) is 15.0. The average molecular weight is 399 g/mol. The third-order valence-corrected chi connectivity index (χ3v) is 4.10. The minimum absolute atomic E-state index is 0.0867. The van der Waals surface area contributed by atoms with Gasteiger partial charge in [0.2, 0.25) is 0 Å². The van der Waals surface area contributed by atoms with Crippen LogP contribution in [0.2, 0.25) is 0 Å². The largest absolute Gasteiger partial charge is 0.416 e. The van der Waals surface area contributed by atoms with Crippen molar-refractivity contribution in [2.75, 3.05) is 5.32 Å². The first-order chi connectivity index (χ1) is 13.8. The number of para-hydroxylation sites is 1. The molecule has 0 aliphatic carbocycles. The fraction of sp³-hybridized carbons (Fsp3) is 0.0952. The van der Waals surface area contributed by atoms with E-state index in [-0.39, 0.29) is 18.0 Å². The molecule has 0 saturated heterocycles. The van der Waals surface area contributed by atoms with Crippen LogP contribution in [0.1, 0.15) is 31.8 Å². The lowest BCUT2D eigenvalue weighted by molar-refractivity contribution is -0.137. The highest BCUT2D eigenvalue weighted by Crippen LogP contribution is 2.29. The minimum atomic E-state index is -4.46. The fourth-order valence-corrected chi connectivity index (χ4v) is 2.58. The molecule has 0 atom stereocenters. The molecule has 2 aromatic carbocycles. The van der Waals surface area contributed by atoms with Gasteiger partial charge in [-0.3, -0.25) is 14.6 Å². The summed E-state index contributed by atoms with van der Waals surface area (Å²) in [4.78, 5) is 28.5. The summed E-state index contributed by atoms with van der Waals surface area (Å²) in [7, 11) is 0. The average Bonchev–Trinajstić information content (AvgIpc) is 2.73. The molecule has 5 nitrogen and oxygen atoms in total. The Morgan fingerprint density at radius 1 is 0.862 bits per heavy atom. The lowest BCUT2D eigenvalue weighted by Gasteiger charge is -2.12. The van der Waals surface area contributed by atoms with Gasteiger partial charge >= 0.3 is 6.18 Å². The number of alkyl halides is 3. The van der Waals surface area contributed by atoms with E-state index in [1.54, 1.807) is 42.6 Å². The van der Waals surface area contributed by atoms with Crippen molar-refractivity contribution in [3.8, 4) is 0 Å². The molecule has 0 radical (unpaired) electrons. The zero-order valence-corrected chi connectivity index (χ0v) is 15.0. The van der Waals surface area contributed by atoms with E-state index in [1.807, 2.05) is 0 Å². The van der Waals surface area contributed by atoms with Crippen molar-refractivity contribution < 1.29 is 22.8 Å². The van der Waals surface area contributed by atoms with Crippen molar-refractivity contribution in [1.29, 1.82) is 0 Å². The number of carbonyl (C=O) groups excluding carboxylic acids is 2. The predicted octanol–water partition coefficient (Wildman–Crippen LogP) is 4.28. The zero-order chi connectivity index (χ0) is 20.9. The maximum absolute atomic E-state index is 12.6. The van der Waals surface area contributed by atoms with Crippen molar-refractivity contribution in [2.24, 2.45) is 0 Å². The van der Waals surface area contributed by atoms with Gasteiger partial charge in [0, 0.05) is 30.2 Å². The van der Waals surface area contributed by atoms with E-state index < -0.39 is 17.6 Å². The summed E-state index contributed by atoms with van der Waals surface area (Å²) in [5, 5.41) is 5.40. The Hall–Kier alpha value is -3.68. The van der Waals surface area contributed by atoms with Crippen molar-refractivity contribution >= 4 is 17.5 Å². The molecule has 3 rings (SSSR count). The molecule has 0 bridgehead atoms. The van der Waals surface area contributed by atoms with Gasteiger partial charge in [-0.05, 0) is 48.0 Å². The van der Waals surface area contributed by atoms with Gasteiger partial charge in [-0.15, -0.1) is 0 Å². The molecule has 0 unspecified atom stereocenters. The molecule has 0 aliphatic heterocycles. The summed E-state index contributed by atoms with van der Waals surface area (Å²) in [6.45, 7) is 0.0867. The number of nitrogens with one attached hydrogen (secondary N) is 2. The summed E-state index contributed by atoms with van der Waals surface area (Å²) < 4.78 is 37.9. The summed E-state index contributed by atoms with van der Waals surface area (Å²) in [5.41, 5.74) is 0.822. The van der Waals surface area contributed by atoms with Crippen LogP contribution in [0.15, 0.2) is 73.1 Å². The van der Waals surface area contributed by atoms with Gasteiger partial charge in [-0.2, -0.15) is 13.2 Å². The summed E-state index contributed by atoms with van der Waals surface area (Å²) in [6.07, 6.45) is -1.47. The third-order valence-electron chi connectivity index (χ3n) is 4.10. The Kier molecular flexibility index (Phi) is 5.92. The van der Waals surface area contributed by atoms with E-state index in [0.29, 0.717) is 16.8 Å². The second kappa shape index (κ2) is 8.55. The van der Waals surface area contributed by atoms with Gasteiger partial charge in [0.05, 0.1) is 11.1 Å². The number of pyridine rings is 1. The van der Waals surface area contributed by atoms with Crippen molar-refractivity contribution in [1.82, 2.24) is 10.3 Å². The Labute approximate surface area is 164 Å². The van der Waals surface area contributed by atoms with Crippen molar-refractivity contribution in [3.05, 3.63) is 95.3 Å². The molecule has 1 aromatic heterocycles. The maximum atomic E-state index is 12.6. The number of rotatable bonds is 5. The molecule has 0 fully saturated rings. The molecule has 148 valence electrons. The normalized spacial score (nSPS) is 11.0. The van der Waals surface area contributed by atoms with E-state index >= 15 is 0 Å². The molecule has 0 saturated carbocycles. The highest BCUT2D eigenvalue weighted by atomic mass is 19.4. The van der Waals surface area contributed by atoms with Crippen LogP contribution >= 0.6 is 0 Å². The number of nitrogens with zero attached hydrogens (tertiary/aromatic N) is 1. The number of benzene rings is 2. The molecule has 0 spiro atoms. The Morgan fingerprint density at radius 3 is 2.24 bits per heavy atom. The van der Waals surface area contributed by atoms with Gasteiger partial charge in [0.1, 0.15) is 0 Å². The first kappa shape index (κ1) is 20.1. The Bertz CT molecular complexity index is 1000. The maximum Gasteiger partial charge on any atom is 0.416 e. The molecular formula is C21H16F3N3O2. The second-order valence-corrected chi connectivity index (χ2v) is 6.11. The number of halogens is 3. The summed E-state index contributed by atoms with van der Waals surface area (Å²) in [5.74, 6) is -0.869. The Balaban J connectivity index is 1.66. The van der Waals surface area contributed by atoms with Crippen LogP contribution in [0.4, 0.5) is 18.9 Å². The highest BCUT2D eigenvalue weighted by molar-refractivity contribution is 6.04. The van der Waals surface area contributed by atoms with Crippen LogP contribution < -0.4 is 10.6 Å². The lowest BCUT2D eigenvalue weighted by Crippen LogP contribution is -2.24. The van der Waals surface area contributed by atoms with Crippen LogP contribution in [0.3, 0.4) is 0 Å². The number of hydrogen-bond acceptors (Lipinski definition) is 3. The van der Waals surface area contributed by atoms with Gasteiger partial charge in [0.25, 0.3) is 11.8 Å². The van der Waals surface area contributed by atoms with Crippen LogP contribution in [0.25, 0.3) is 0 Å². The van der Waals surface area contributed by atoms with Crippen LogP contribution in [-0.2, 0) is 12.7 Å². The molecule has 0 aliphatic rings. The minimum Gasteiger partial charge on any atom is -0.348 e. The quantitative estimate of drug-likeness (QED) is 0.673. The Morgan fingerprint density at radius 2 is 1.59 bits per heavy atom. The lowest BCUT2D eigenvalue weighted by atomic mass is 10.1. The summed E-state index contributed by atoms with van der Waals surface area (Å²) >= 11 is 0. The first-order valence-corrected chi connectivity index (χ1v) is 8.59. The topological polar surface area (TPSA) is 71.1 Å². The van der Waals surface area contributed by atoms with Crippen molar-refractivity contribution in [3.63, 3.8) is 0 Å². The van der Waals surface area contributed by atoms with Crippen molar-refractivity contribution in [2.45, 2.75) is 12.7 Å². The third kappa shape index (κ3) is 5.19. The molecule has 3 aromatic rings. The van der Waals surface area contributed by atoms with E-state index in [2.05, 4.69) is 15.6 Å². The standard InChI is InChI=1S/C21H16F3N3O2/c22-21(23,24)17-9-7-14(8-10-17)19(28)26-13-15-4-1-2-6-18(15)27-20(29)16-5-3-11-25-12-16/h1-12H,13H2,(H,26,28)(H,27,29). The number of anilines is 1.